The van der Waals surface area contributed by atoms with E-state index >= 15 is 0 Å². The number of hydrogen-bond acceptors (Lipinski definition) is 4. The molecule has 0 bridgehead atoms. The Morgan fingerprint density at radius 1 is 1.02 bits per heavy atom. The third-order valence-corrected chi connectivity index (χ3v) is 8.96. The molecule has 1 saturated heterocycles. The highest BCUT2D eigenvalue weighted by molar-refractivity contribution is 9.10. The van der Waals surface area contributed by atoms with Gasteiger partial charge in [0.15, 0.2) is 0 Å². The van der Waals surface area contributed by atoms with Gasteiger partial charge in [0.25, 0.3) is 0 Å². The summed E-state index contributed by atoms with van der Waals surface area (Å²) in [6.45, 7) is 4.37. The number of rotatable bonds is 8. The molecule has 1 amide bonds. The lowest BCUT2D eigenvalue weighted by molar-refractivity contribution is -0.184. The Balaban J connectivity index is 1.52. The van der Waals surface area contributed by atoms with Crippen molar-refractivity contribution in [3.63, 3.8) is 0 Å². The van der Waals surface area contributed by atoms with Crippen LogP contribution in [0.3, 0.4) is 0 Å². The van der Waals surface area contributed by atoms with Gasteiger partial charge in [-0.1, -0.05) is 63.4 Å². The molecule has 0 aromatic heterocycles. The molecule has 41 heavy (non-hydrogen) atoms. The number of benzene rings is 3. The van der Waals surface area contributed by atoms with Gasteiger partial charge >= 0.3 is 5.97 Å². The summed E-state index contributed by atoms with van der Waals surface area (Å²) in [6.07, 6.45) is 0.0999. The first-order valence-electron chi connectivity index (χ1n) is 13.6. The van der Waals surface area contributed by atoms with E-state index in [4.69, 9.17) is 32.7 Å². The second-order valence-electron chi connectivity index (χ2n) is 11.3. The molecule has 2 aliphatic rings. The van der Waals surface area contributed by atoms with Crippen molar-refractivity contribution in [2.45, 2.75) is 57.5 Å². The number of carbonyl (C=O) groups is 2. The van der Waals surface area contributed by atoms with E-state index in [0.29, 0.717) is 22.9 Å². The molecule has 2 aliphatic heterocycles. The summed E-state index contributed by atoms with van der Waals surface area (Å²) in [6, 6.07) is 20.8. The van der Waals surface area contributed by atoms with Crippen molar-refractivity contribution in [1.29, 1.82) is 0 Å². The second kappa shape index (κ2) is 12.3. The summed E-state index contributed by atoms with van der Waals surface area (Å²) in [7, 11) is 0. The van der Waals surface area contributed by atoms with E-state index in [9.17, 15) is 14.7 Å². The molecule has 0 unspecified atom stereocenters. The fourth-order valence-corrected chi connectivity index (χ4v) is 6.83. The van der Waals surface area contributed by atoms with Gasteiger partial charge in [0.1, 0.15) is 11.4 Å². The average Bonchev–Trinajstić information content (AvgIpc) is 2.91. The number of nitrogens with zero attached hydrogens (tertiary/aromatic N) is 1. The number of carbonyl (C=O) groups excluding carboxylic acids is 1. The number of aliphatic carboxylic acids is 1. The Morgan fingerprint density at radius 3 is 2.49 bits per heavy atom. The predicted molar refractivity (Wildman–Crippen MR) is 162 cm³/mol. The molecule has 216 valence electrons. The molecule has 5 rings (SSSR count). The van der Waals surface area contributed by atoms with E-state index in [0.717, 1.165) is 26.9 Å². The van der Waals surface area contributed by atoms with Crippen LogP contribution >= 0.6 is 39.1 Å². The normalized spacial score (nSPS) is 22.7. The second-order valence-corrected chi connectivity index (χ2v) is 13.1. The predicted octanol–water partition coefficient (Wildman–Crippen LogP) is 7.74. The summed E-state index contributed by atoms with van der Waals surface area (Å²) < 4.78 is 14.3. The van der Waals surface area contributed by atoms with Crippen LogP contribution in [-0.2, 0) is 27.3 Å². The van der Waals surface area contributed by atoms with Crippen LogP contribution in [0.25, 0.3) is 0 Å². The first kappa shape index (κ1) is 29.9. The lowest BCUT2D eigenvalue weighted by Gasteiger charge is -2.51. The van der Waals surface area contributed by atoms with Gasteiger partial charge in [0, 0.05) is 39.1 Å². The first-order valence-corrected chi connectivity index (χ1v) is 15.2. The van der Waals surface area contributed by atoms with Gasteiger partial charge in [-0.3, -0.25) is 9.59 Å². The van der Waals surface area contributed by atoms with Crippen molar-refractivity contribution in [2.75, 3.05) is 6.54 Å². The van der Waals surface area contributed by atoms with Crippen LogP contribution in [0.1, 0.15) is 49.5 Å². The minimum atomic E-state index is -0.963. The van der Waals surface area contributed by atoms with Crippen LogP contribution in [0.2, 0.25) is 10.0 Å². The molecule has 3 aromatic carbocycles. The lowest BCUT2D eigenvalue weighted by Crippen LogP contribution is -2.54. The third-order valence-electron chi connectivity index (χ3n) is 8.00. The van der Waals surface area contributed by atoms with Crippen molar-refractivity contribution in [2.24, 2.45) is 11.8 Å². The molecule has 2 heterocycles. The lowest BCUT2D eigenvalue weighted by atomic mass is 9.71. The number of carboxylic acids is 1. The molecule has 1 N–H and O–H groups in total. The number of ether oxygens (including phenoxy) is 2. The smallest absolute Gasteiger partial charge is 0.305 e. The fourth-order valence-electron chi connectivity index (χ4n) is 5.99. The molecule has 6 nitrogen and oxygen atoms in total. The van der Waals surface area contributed by atoms with E-state index in [1.54, 1.807) is 23.1 Å². The van der Waals surface area contributed by atoms with Crippen LogP contribution in [0.15, 0.2) is 71.2 Å². The Kier molecular flexibility index (Phi) is 9.00. The number of hydrogen-bond donors (Lipinski definition) is 1. The summed E-state index contributed by atoms with van der Waals surface area (Å²) >= 11 is 16.2. The molecule has 4 atom stereocenters. The monoisotopic (exact) mass is 659 g/mol. The van der Waals surface area contributed by atoms with Crippen molar-refractivity contribution in [3.8, 4) is 5.75 Å². The average molecular weight is 661 g/mol. The van der Waals surface area contributed by atoms with Crippen LogP contribution < -0.4 is 4.74 Å². The van der Waals surface area contributed by atoms with Crippen LogP contribution in [-0.4, -0.2) is 40.1 Å². The molecular weight excluding hydrogens is 629 g/mol. The highest BCUT2D eigenvalue weighted by Crippen LogP contribution is 2.53. The number of halogens is 3. The highest BCUT2D eigenvalue weighted by Gasteiger charge is 2.52. The number of amides is 1. The van der Waals surface area contributed by atoms with Crippen molar-refractivity contribution >= 4 is 51.0 Å². The number of carboxylic acid groups (broad SMARTS) is 1. The summed E-state index contributed by atoms with van der Waals surface area (Å²) in [5, 5.41) is 10.6. The van der Waals surface area contributed by atoms with Gasteiger partial charge in [-0.05, 0) is 80.3 Å². The Bertz CT molecular complexity index is 1450. The molecule has 0 spiro atoms. The van der Waals surface area contributed by atoms with Gasteiger partial charge in [-0.15, -0.1) is 0 Å². The Hall–Kier alpha value is -2.58. The van der Waals surface area contributed by atoms with E-state index in [2.05, 4.69) is 15.9 Å². The first-order chi connectivity index (χ1) is 19.5. The van der Waals surface area contributed by atoms with Gasteiger partial charge in [-0.25, -0.2) is 0 Å². The van der Waals surface area contributed by atoms with Crippen LogP contribution in [0.4, 0.5) is 0 Å². The molecular formula is C32H32BrCl2NO5. The summed E-state index contributed by atoms with van der Waals surface area (Å²) in [5.74, 6) is -1.02. The van der Waals surface area contributed by atoms with E-state index in [1.807, 2.05) is 62.4 Å². The summed E-state index contributed by atoms with van der Waals surface area (Å²) in [4.78, 5) is 27.6. The quantitative estimate of drug-likeness (QED) is 0.268. The maximum Gasteiger partial charge on any atom is 0.305 e. The topological polar surface area (TPSA) is 76.1 Å². The number of fused-ring (bicyclic) bond motifs is 3. The maximum atomic E-state index is 14.4. The molecule has 9 heteroatoms. The molecule has 3 aromatic rings. The third kappa shape index (κ3) is 6.91. The van der Waals surface area contributed by atoms with Crippen LogP contribution in [0.5, 0.6) is 5.75 Å². The van der Waals surface area contributed by atoms with E-state index < -0.39 is 23.6 Å². The zero-order chi connectivity index (χ0) is 29.3. The fraction of sp³-hybridized carbons (Fsp3) is 0.375. The van der Waals surface area contributed by atoms with Crippen LogP contribution in [0, 0.1) is 11.8 Å². The van der Waals surface area contributed by atoms with Gasteiger partial charge in [0.2, 0.25) is 5.91 Å². The minimum absolute atomic E-state index is 0.0766. The highest BCUT2D eigenvalue weighted by atomic mass is 79.9. The molecule has 1 fully saturated rings. The van der Waals surface area contributed by atoms with Crippen molar-refractivity contribution in [1.82, 2.24) is 4.90 Å². The molecule has 0 aliphatic carbocycles. The van der Waals surface area contributed by atoms with E-state index in [1.165, 1.54) is 0 Å². The largest absolute Gasteiger partial charge is 0.487 e. The maximum absolute atomic E-state index is 14.4. The van der Waals surface area contributed by atoms with E-state index in [-0.39, 0.29) is 37.4 Å². The minimum Gasteiger partial charge on any atom is -0.487 e. The standard InChI is InChI=1S/C32H32BrCl2NO5/c1-32(2)26-17-25(31(39)36(12-11-29(37)38)18-20-6-4-8-22(34)14-20)28(15-19-5-3-7-21(33)13-19)40-30(26)24-16-23(35)9-10-27(24)41-32/h3-10,13-14,16,25-26,28,30H,11-12,15,17-18H2,1-2H3,(H,37,38)/t25-,26+,28+,30-/m0/s1. The molecule has 0 radical (unpaired) electrons. The van der Waals surface area contributed by atoms with Gasteiger partial charge in [0.05, 0.1) is 24.5 Å². The van der Waals surface area contributed by atoms with Crippen molar-refractivity contribution < 1.29 is 24.2 Å². The van der Waals surface area contributed by atoms with Gasteiger partial charge < -0.3 is 19.5 Å². The zero-order valence-electron chi connectivity index (χ0n) is 22.9. The zero-order valence-corrected chi connectivity index (χ0v) is 26.0. The Labute approximate surface area is 258 Å². The summed E-state index contributed by atoms with van der Waals surface area (Å²) in [5.41, 5.74) is 2.14. The van der Waals surface area contributed by atoms with Crippen molar-refractivity contribution in [3.05, 3.63) is 97.9 Å². The van der Waals surface area contributed by atoms with Gasteiger partial charge in [-0.2, -0.15) is 0 Å². The Morgan fingerprint density at radius 2 is 1.76 bits per heavy atom. The SMILES string of the molecule is CC1(C)Oc2ccc(Cl)cc2[C@@H]2O[C@H](Cc3cccc(Br)c3)[C@@H](C(=O)N(CCC(=O)O)Cc3cccc(Cl)c3)C[C@H]21. The molecule has 0 saturated carbocycles.